The van der Waals surface area contributed by atoms with Gasteiger partial charge < -0.3 is 15.2 Å². The van der Waals surface area contributed by atoms with Gasteiger partial charge in [-0.1, -0.05) is 38.4 Å². The van der Waals surface area contributed by atoms with Gasteiger partial charge in [-0.25, -0.2) is 0 Å². The highest BCUT2D eigenvalue weighted by atomic mass is 35.5. The van der Waals surface area contributed by atoms with E-state index >= 15 is 0 Å². The van der Waals surface area contributed by atoms with E-state index < -0.39 is 0 Å². The summed E-state index contributed by atoms with van der Waals surface area (Å²) in [4.78, 5) is 2.23. The maximum absolute atomic E-state index is 6.49. The van der Waals surface area contributed by atoms with Crippen LogP contribution in [0.3, 0.4) is 0 Å². The molecule has 0 heterocycles. The van der Waals surface area contributed by atoms with Crippen molar-refractivity contribution in [3.05, 3.63) is 22.7 Å². The first-order chi connectivity index (χ1) is 9.75. The fourth-order valence-corrected chi connectivity index (χ4v) is 2.92. The SMILES string of the molecule is COc1ccc(C(CN)N(C)CC(C)(C)C)c(Cl)c1OC. The van der Waals surface area contributed by atoms with E-state index in [1.807, 2.05) is 12.1 Å². The largest absolute Gasteiger partial charge is 0.493 e. The van der Waals surface area contributed by atoms with Crippen molar-refractivity contribution in [3.63, 3.8) is 0 Å². The molecule has 1 aromatic rings. The van der Waals surface area contributed by atoms with Crippen LogP contribution in [0.4, 0.5) is 0 Å². The first kappa shape index (κ1) is 18.1. The molecule has 0 saturated carbocycles. The monoisotopic (exact) mass is 314 g/mol. The molecule has 0 fully saturated rings. The fraction of sp³-hybridized carbons (Fsp3) is 0.625. The molecule has 0 saturated heterocycles. The highest BCUT2D eigenvalue weighted by Gasteiger charge is 2.25. The third-order valence-electron chi connectivity index (χ3n) is 3.35. The van der Waals surface area contributed by atoms with Crippen LogP contribution in [0, 0.1) is 5.41 Å². The van der Waals surface area contributed by atoms with E-state index in [1.165, 1.54) is 0 Å². The molecule has 2 N–H and O–H groups in total. The summed E-state index contributed by atoms with van der Waals surface area (Å²) in [7, 11) is 5.25. The Kier molecular flexibility index (Phi) is 6.32. The van der Waals surface area contributed by atoms with Crippen molar-refractivity contribution in [2.45, 2.75) is 26.8 Å². The molecule has 21 heavy (non-hydrogen) atoms. The van der Waals surface area contributed by atoms with E-state index in [0.29, 0.717) is 23.1 Å². The first-order valence-electron chi connectivity index (χ1n) is 7.05. The second kappa shape index (κ2) is 7.34. The van der Waals surface area contributed by atoms with Crippen LogP contribution in [0.15, 0.2) is 12.1 Å². The molecule has 4 nitrogen and oxygen atoms in total. The predicted octanol–water partition coefficient (Wildman–Crippen LogP) is 3.33. The van der Waals surface area contributed by atoms with Gasteiger partial charge in [0.2, 0.25) is 0 Å². The Balaban J connectivity index is 3.17. The summed E-state index contributed by atoms with van der Waals surface area (Å²) in [6.07, 6.45) is 0. The Labute approximate surface area is 133 Å². The highest BCUT2D eigenvalue weighted by Crippen LogP contribution is 2.40. The molecule has 1 atom stereocenters. The summed E-state index contributed by atoms with van der Waals surface area (Å²) in [5.74, 6) is 1.18. The molecule has 0 aliphatic rings. The van der Waals surface area contributed by atoms with Crippen LogP contribution in [0.25, 0.3) is 0 Å². The zero-order valence-electron chi connectivity index (χ0n) is 13.9. The number of likely N-dealkylation sites (N-methyl/N-ethyl adjacent to an activating group) is 1. The van der Waals surface area contributed by atoms with Crippen LogP contribution in [0.2, 0.25) is 5.02 Å². The number of nitrogens with zero attached hydrogens (tertiary/aromatic N) is 1. The summed E-state index contributed by atoms with van der Waals surface area (Å²) in [6, 6.07) is 3.87. The number of methoxy groups -OCH3 is 2. The second-order valence-electron chi connectivity index (χ2n) is 6.43. The zero-order valence-corrected chi connectivity index (χ0v) is 14.6. The Bertz CT molecular complexity index is 472. The van der Waals surface area contributed by atoms with Crippen LogP contribution >= 0.6 is 11.6 Å². The van der Waals surface area contributed by atoms with Crippen molar-refractivity contribution in [2.24, 2.45) is 11.1 Å². The quantitative estimate of drug-likeness (QED) is 0.875. The van der Waals surface area contributed by atoms with E-state index in [9.17, 15) is 0 Å². The molecule has 0 amide bonds. The predicted molar refractivity (Wildman–Crippen MR) is 88.4 cm³/mol. The molecule has 5 heteroatoms. The van der Waals surface area contributed by atoms with Gasteiger partial charge in [0.15, 0.2) is 11.5 Å². The molecule has 1 rings (SSSR count). The van der Waals surface area contributed by atoms with Gasteiger partial charge >= 0.3 is 0 Å². The van der Waals surface area contributed by atoms with Gasteiger partial charge in [0, 0.05) is 19.1 Å². The summed E-state index contributed by atoms with van der Waals surface area (Å²) >= 11 is 6.49. The molecule has 0 bridgehead atoms. The minimum Gasteiger partial charge on any atom is -0.493 e. The molecule has 120 valence electrons. The number of ether oxygens (including phenoxy) is 2. The summed E-state index contributed by atoms with van der Waals surface area (Å²) in [6.45, 7) is 8.01. The Hall–Kier alpha value is -0.970. The molecule has 0 spiro atoms. The number of benzene rings is 1. The van der Waals surface area contributed by atoms with Gasteiger partial charge in [0.05, 0.1) is 19.2 Å². The minimum absolute atomic E-state index is 0.0385. The smallest absolute Gasteiger partial charge is 0.179 e. The average Bonchev–Trinajstić information content (AvgIpc) is 2.38. The first-order valence-corrected chi connectivity index (χ1v) is 7.43. The molecular formula is C16H27ClN2O2. The van der Waals surface area contributed by atoms with Crippen molar-refractivity contribution in [1.29, 1.82) is 0 Å². The van der Waals surface area contributed by atoms with Crippen molar-refractivity contribution < 1.29 is 9.47 Å². The van der Waals surface area contributed by atoms with Crippen molar-refractivity contribution in [2.75, 3.05) is 34.4 Å². The molecule has 0 aromatic heterocycles. The van der Waals surface area contributed by atoms with Crippen LogP contribution < -0.4 is 15.2 Å². The van der Waals surface area contributed by atoms with E-state index in [2.05, 4.69) is 32.7 Å². The number of halogens is 1. The minimum atomic E-state index is 0.0385. The average molecular weight is 315 g/mol. The van der Waals surface area contributed by atoms with Crippen molar-refractivity contribution >= 4 is 11.6 Å². The third-order valence-corrected chi connectivity index (χ3v) is 3.74. The van der Waals surface area contributed by atoms with Crippen molar-refractivity contribution in [3.8, 4) is 11.5 Å². The number of hydrogen-bond acceptors (Lipinski definition) is 4. The van der Waals surface area contributed by atoms with E-state index in [-0.39, 0.29) is 11.5 Å². The molecule has 0 aliphatic heterocycles. The third kappa shape index (κ3) is 4.50. The van der Waals surface area contributed by atoms with Crippen LogP contribution in [-0.4, -0.2) is 39.3 Å². The van der Waals surface area contributed by atoms with E-state index in [1.54, 1.807) is 14.2 Å². The van der Waals surface area contributed by atoms with Gasteiger partial charge in [0.1, 0.15) is 0 Å². The number of nitrogens with two attached hydrogens (primary N) is 1. The van der Waals surface area contributed by atoms with Crippen LogP contribution in [0.1, 0.15) is 32.4 Å². The Morgan fingerprint density at radius 1 is 1.24 bits per heavy atom. The normalized spacial score (nSPS) is 13.4. The maximum Gasteiger partial charge on any atom is 0.179 e. The second-order valence-corrected chi connectivity index (χ2v) is 6.81. The number of hydrogen-bond donors (Lipinski definition) is 1. The molecule has 0 aliphatic carbocycles. The highest BCUT2D eigenvalue weighted by molar-refractivity contribution is 6.33. The molecule has 1 aromatic carbocycles. The Morgan fingerprint density at radius 3 is 2.29 bits per heavy atom. The van der Waals surface area contributed by atoms with Gasteiger partial charge in [-0.15, -0.1) is 0 Å². The number of rotatable bonds is 6. The maximum atomic E-state index is 6.49. The van der Waals surface area contributed by atoms with Gasteiger partial charge in [-0.05, 0) is 24.1 Å². The van der Waals surface area contributed by atoms with Gasteiger partial charge in [0.25, 0.3) is 0 Å². The lowest BCUT2D eigenvalue weighted by Crippen LogP contribution is -2.36. The fourth-order valence-electron chi connectivity index (χ4n) is 2.56. The molecule has 0 radical (unpaired) electrons. The molecular weight excluding hydrogens is 288 g/mol. The lowest BCUT2D eigenvalue weighted by molar-refractivity contribution is 0.175. The summed E-state index contributed by atoms with van der Waals surface area (Å²) in [5.41, 5.74) is 7.13. The van der Waals surface area contributed by atoms with Gasteiger partial charge in [-0.2, -0.15) is 0 Å². The van der Waals surface area contributed by atoms with E-state index in [0.717, 1.165) is 12.1 Å². The van der Waals surface area contributed by atoms with Crippen LogP contribution in [-0.2, 0) is 0 Å². The van der Waals surface area contributed by atoms with E-state index in [4.69, 9.17) is 26.8 Å². The van der Waals surface area contributed by atoms with Crippen molar-refractivity contribution in [1.82, 2.24) is 4.90 Å². The van der Waals surface area contributed by atoms with Gasteiger partial charge in [-0.3, -0.25) is 4.90 Å². The lowest BCUT2D eigenvalue weighted by Gasteiger charge is -2.33. The molecule has 1 unspecified atom stereocenters. The standard InChI is InChI=1S/C16H27ClN2O2/c1-16(2,3)10-19(4)12(9-18)11-7-8-13(20-5)15(21-6)14(11)17/h7-8,12H,9-10,18H2,1-6H3. The topological polar surface area (TPSA) is 47.7 Å². The lowest BCUT2D eigenvalue weighted by atomic mass is 9.94. The zero-order chi connectivity index (χ0) is 16.2. The summed E-state index contributed by atoms with van der Waals surface area (Å²) in [5, 5.41) is 0.563. The summed E-state index contributed by atoms with van der Waals surface area (Å²) < 4.78 is 10.6. The van der Waals surface area contributed by atoms with Crippen LogP contribution in [0.5, 0.6) is 11.5 Å². The Morgan fingerprint density at radius 2 is 1.86 bits per heavy atom.